The Hall–Kier alpha value is -2.54. The number of anilines is 3. The lowest BCUT2D eigenvalue weighted by molar-refractivity contribution is 0.619. The first-order valence-electron chi connectivity index (χ1n) is 5.43. The Morgan fingerprint density at radius 1 is 1.22 bits per heavy atom. The number of nitrogens with zero attached hydrogens (tertiary/aromatic N) is 1. The Labute approximate surface area is 105 Å². The van der Waals surface area contributed by atoms with Crippen LogP contribution in [-0.2, 0) is 0 Å². The van der Waals surface area contributed by atoms with E-state index < -0.39 is 0 Å². The second-order valence-electron chi connectivity index (χ2n) is 3.97. The predicted octanol–water partition coefficient (Wildman–Crippen LogP) is 3.33. The van der Waals surface area contributed by atoms with Crippen molar-refractivity contribution >= 4 is 17.1 Å². The summed E-state index contributed by atoms with van der Waals surface area (Å²) in [6.45, 7) is 1.66. The Balaban J connectivity index is 2.41. The monoisotopic (exact) mass is 241 g/mol. The van der Waals surface area contributed by atoms with E-state index in [-0.39, 0.29) is 5.82 Å². The summed E-state index contributed by atoms with van der Waals surface area (Å²) in [5, 5.41) is 12.0. The van der Waals surface area contributed by atoms with Crippen LogP contribution in [0.1, 0.15) is 11.1 Å². The second-order valence-corrected chi connectivity index (χ2v) is 3.97. The molecule has 0 amide bonds. The van der Waals surface area contributed by atoms with E-state index in [1.807, 2.05) is 6.07 Å². The van der Waals surface area contributed by atoms with Gasteiger partial charge in [0.15, 0.2) is 0 Å². The van der Waals surface area contributed by atoms with E-state index >= 15 is 0 Å². The average molecular weight is 241 g/mol. The fourth-order valence-corrected chi connectivity index (χ4v) is 1.64. The van der Waals surface area contributed by atoms with E-state index in [1.54, 1.807) is 31.2 Å². The molecule has 0 fully saturated rings. The zero-order chi connectivity index (χ0) is 13.1. The molecule has 3 nitrogen and oxygen atoms in total. The van der Waals surface area contributed by atoms with Gasteiger partial charge in [0, 0.05) is 0 Å². The van der Waals surface area contributed by atoms with E-state index in [2.05, 4.69) is 11.4 Å². The highest BCUT2D eigenvalue weighted by atomic mass is 19.1. The van der Waals surface area contributed by atoms with E-state index in [9.17, 15) is 4.39 Å². The molecule has 4 heteroatoms. The van der Waals surface area contributed by atoms with Crippen LogP contribution in [0.15, 0.2) is 36.4 Å². The first kappa shape index (κ1) is 11.9. The Bertz CT molecular complexity index is 629. The maximum atomic E-state index is 13.3. The lowest BCUT2D eigenvalue weighted by atomic mass is 10.1. The number of nitriles is 1. The van der Waals surface area contributed by atoms with Crippen molar-refractivity contribution < 1.29 is 4.39 Å². The minimum absolute atomic E-state index is 0.311. The predicted molar refractivity (Wildman–Crippen MR) is 70.0 cm³/mol. The Kier molecular flexibility index (Phi) is 3.16. The van der Waals surface area contributed by atoms with Gasteiger partial charge in [0.05, 0.1) is 22.6 Å². The van der Waals surface area contributed by atoms with E-state index in [1.165, 1.54) is 6.07 Å². The molecule has 18 heavy (non-hydrogen) atoms. The number of aryl methyl sites for hydroxylation is 1. The number of nitrogen functional groups attached to an aromatic ring is 1. The van der Waals surface area contributed by atoms with Crippen LogP contribution in [-0.4, -0.2) is 0 Å². The molecule has 90 valence electrons. The minimum Gasteiger partial charge on any atom is -0.397 e. The molecule has 0 aromatic heterocycles. The number of nitrogens with one attached hydrogen (secondary N) is 1. The van der Waals surface area contributed by atoms with Crippen LogP contribution in [0.2, 0.25) is 0 Å². The molecule has 0 unspecified atom stereocenters. The van der Waals surface area contributed by atoms with Gasteiger partial charge in [0.25, 0.3) is 0 Å². The van der Waals surface area contributed by atoms with Gasteiger partial charge in [0.2, 0.25) is 0 Å². The smallest absolute Gasteiger partial charge is 0.128 e. The number of benzene rings is 2. The zero-order valence-corrected chi connectivity index (χ0v) is 9.87. The summed E-state index contributed by atoms with van der Waals surface area (Å²) in [6.07, 6.45) is 0. The van der Waals surface area contributed by atoms with Crippen molar-refractivity contribution in [2.45, 2.75) is 6.92 Å². The molecule has 0 saturated carbocycles. The first-order valence-corrected chi connectivity index (χ1v) is 5.43. The third kappa shape index (κ3) is 2.25. The van der Waals surface area contributed by atoms with Gasteiger partial charge in [-0.2, -0.15) is 5.26 Å². The van der Waals surface area contributed by atoms with Gasteiger partial charge in [0.1, 0.15) is 11.9 Å². The molecular formula is C14H12FN3. The van der Waals surface area contributed by atoms with Crippen LogP contribution in [0, 0.1) is 24.1 Å². The highest BCUT2D eigenvalue weighted by molar-refractivity contribution is 5.75. The molecule has 2 aromatic carbocycles. The number of hydrogen-bond donors (Lipinski definition) is 2. The van der Waals surface area contributed by atoms with Gasteiger partial charge in [-0.15, -0.1) is 0 Å². The second kappa shape index (κ2) is 4.76. The molecule has 2 rings (SSSR count). The van der Waals surface area contributed by atoms with Gasteiger partial charge in [-0.05, 0) is 36.8 Å². The Morgan fingerprint density at radius 3 is 2.67 bits per heavy atom. The molecule has 0 atom stereocenters. The van der Waals surface area contributed by atoms with Crippen molar-refractivity contribution in [3.8, 4) is 6.07 Å². The SMILES string of the molecule is Cc1cc(Nc2ccccc2C#N)c(N)cc1F. The zero-order valence-electron chi connectivity index (χ0n) is 9.87. The van der Waals surface area contributed by atoms with Gasteiger partial charge in [-0.1, -0.05) is 12.1 Å². The number of para-hydroxylation sites is 1. The molecule has 0 spiro atoms. The van der Waals surface area contributed by atoms with Crippen molar-refractivity contribution in [1.29, 1.82) is 5.26 Å². The average Bonchev–Trinajstić information content (AvgIpc) is 2.36. The van der Waals surface area contributed by atoms with Crippen LogP contribution < -0.4 is 11.1 Å². The molecular weight excluding hydrogens is 229 g/mol. The third-order valence-electron chi connectivity index (χ3n) is 2.65. The molecule has 3 N–H and O–H groups in total. The van der Waals surface area contributed by atoms with Crippen LogP contribution in [0.25, 0.3) is 0 Å². The lowest BCUT2D eigenvalue weighted by Crippen LogP contribution is -2.00. The summed E-state index contributed by atoms with van der Waals surface area (Å²) < 4.78 is 13.3. The quantitative estimate of drug-likeness (QED) is 0.793. The molecule has 0 aliphatic heterocycles. The molecule has 0 aliphatic rings. The molecule has 0 bridgehead atoms. The van der Waals surface area contributed by atoms with E-state index in [0.717, 1.165) is 0 Å². The maximum Gasteiger partial charge on any atom is 0.128 e. The van der Waals surface area contributed by atoms with Crippen LogP contribution in [0.5, 0.6) is 0 Å². The normalized spacial score (nSPS) is 9.83. The fraction of sp³-hybridized carbons (Fsp3) is 0.0714. The maximum absolute atomic E-state index is 13.3. The fourth-order valence-electron chi connectivity index (χ4n) is 1.64. The Morgan fingerprint density at radius 2 is 1.94 bits per heavy atom. The topological polar surface area (TPSA) is 61.8 Å². The number of nitrogens with two attached hydrogens (primary N) is 1. The van der Waals surface area contributed by atoms with Gasteiger partial charge >= 0.3 is 0 Å². The lowest BCUT2D eigenvalue weighted by Gasteiger charge is -2.11. The van der Waals surface area contributed by atoms with E-state index in [4.69, 9.17) is 11.0 Å². The standard InChI is InChI=1S/C14H12FN3/c1-9-6-14(12(17)7-11(9)15)18-13-5-3-2-4-10(13)8-16/h2-7,18H,17H2,1H3. The largest absolute Gasteiger partial charge is 0.397 e. The van der Waals surface area contributed by atoms with Gasteiger partial charge in [-0.3, -0.25) is 0 Å². The molecule has 2 aromatic rings. The van der Waals surface area contributed by atoms with Crippen molar-refractivity contribution in [2.75, 3.05) is 11.1 Å². The van der Waals surface area contributed by atoms with Gasteiger partial charge in [-0.25, -0.2) is 4.39 Å². The molecule has 0 radical (unpaired) electrons. The van der Waals surface area contributed by atoms with Crippen LogP contribution in [0.4, 0.5) is 21.5 Å². The van der Waals surface area contributed by atoms with Crippen LogP contribution >= 0.6 is 0 Å². The molecule has 0 saturated heterocycles. The first-order chi connectivity index (χ1) is 8.61. The summed E-state index contributed by atoms with van der Waals surface area (Å²) in [4.78, 5) is 0. The number of hydrogen-bond acceptors (Lipinski definition) is 3. The van der Waals surface area contributed by atoms with Crippen molar-refractivity contribution in [3.63, 3.8) is 0 Å². The highest BCUT2D eigenvalue weighted by Gasteiger charge is 2.07. The van der Waals surface area contributed by atoms with Crippen LogP contribution in [0.3, 0.4) is 0 Å². The van der Waals surface area contributed by atoms with Gasteiger partial charge < -0.3 is 11.1 Å². The summed E-state index contributed by atoms with van der Waals surface area (Å²) in [5.74, 6) is -0.341. The minimum atomic E-state index is -0.341. The third-order valence-corrected chi connectivity index (χ3v) is 2.65. The summed E-state index contributed by atoms with van der Waals surface area (Å²) in [5.41, 5.74) is 8.31. The number of rotatable bonds is 2. The van der Waals surface area contributed by atoms with Crippen molar-refractivity contribution in [2.24, 2.45) is 0 Å². The highest BCUT2D eigenvalue weighted by Crippen LogP contribution is 2.27. The number of halogens is 1. The van der Waals surface area contributed by atoms with Crippen molar-refractivity contribution in [3.05, 3.63) is 53.3 Å². The summed E-state index contributed by atoms with van der Waals surface area (Å²) in [7, 11) is 0. The summed E-state index contributed by atoms with van der Waals surface area (Å²) >= 11 is 0. The molecule has 0 aliphatic carbocycles. The molecule has 0 heterocycles. The van der Waals surface area contributed by atoms with Crippen molar-refractivity contribution in [1.82, 2.24) is 0 Å². The van der Waals surface area contributed by atoms with E-state index in [0.29, 0.717) is 28.2 Å². The summed E-state index contributed by atoms with van der Waals surface area (Å²) in [6, 6.07) is 12.1.